The Morgan fingerprint density at radius 1 is 1.20 bits per heavy atom. The number of amides is 1. The van der Waals surface area contributed by atoms with Crippen LogP contribution in [0.2, 0.25) is 10.0 Å². The van der Waals surface area contributed by atoms with Crippen LogP contribution in [0.25, 0.3) is 5.57 Å². The summed E-state index contributed by atoms with van der Waals surface area (Å²) in [5, 5.41) is 4.88. The van der Waals surface area contributed by atoms with Gasteiger partial charge >= 0.3 is 5.51 Å². The third-order valence-corrected chi connectivity index (χ3v) is 6.85. The van der Waals surface area contributed by atoms with Gasteiger partial charge in [-0.2, -0.15) is 24.9 Å². The van der Waals surface area contributed by atoms with Crippen LogP contribution in [0.5, 0.6) is 0 Å². The number of carbonyl (C=O) groups is 1. The molecule has 1 heterocycles. The minimum Gasteiger partial charge on any atom is -0.348 e. The highest BCUT2D eigenvalue weighted by Gasteiger charge is 2.27. The van der Waals surface area contributed by atoms with Crippen molar-refractivity contribution in [2.45, 2.75) is 24.9 Å². The van der Waals surface area contributed by atoms with E-state index in [9.17, 15) is 18.0 Å². The van der Waals surface area contributed by atoms with Crippen LogP contribution >= 0.6 is 46.7 Å². The maximum absolute atomic E-state index is 12.8. The highest BCUT2D eigenvalue weighted by atomic mass is 35.5. The highest BCUT2D eigenvalue weighted by molar-refractivity contribution is 8.03. The largest absolute Gasteiger partial charge is 0.445 e. The summed E-state index contributed by atoms with van der Waals surface area (Å²) in [4.78, 5) is 12.5. The average molecular weight is 492 g/mol. The summed E-state index contributed by atoms with van der Waals surface area (Å²) >= 11 is 13.6. The molecule has 0 atom stereocenters. The Kier molecular flexibility index (Phi) is 7.71. The summed E-state index contributed by atoms with van der Waals surface area (Å²) in [5.41, 5.74) is -1.42. The number of halogens is 5. The summed E-state index contributed by atoms with van der Waals surface area (Å²) < 4.78 is 38.5. The van der Waals surface area contributed by atoms with Crippen LogP contribution in [0.15, 0.2) is 41.8 Å². The van der Waals surface area contributed by atoms with E-state index in [1.807, 2.05) is 0 Å². The number of hydrogen-bond acceptors (Lipinski definition) is 3. The van der Waals surface area contributed by atoms with Crippen LogP contribution in [-0.2, 0) is 6.42 Å². The Morgan fingerprint density at radius 2 is 1.87 bits per heavy atom. The molecule has 0 bridgehead atoms. The molecule has 1 aliphatic rings. The summed E-state index contributed by atoms with van der Waals surface area (Å²) in [6, 6.07) is 10.1. The first-order valence-electron chi connectivity index (χ1n) is 8.99. The fourth-order valence-electron chi connectivity index (χ4n) is 2.98. The van der Waals surface area contributed by atoms with E-state index in [4.69, 9.17) is 23.2 Å². The van der Waals surface area contributed by atoms with E-state index >= 15 is 0 Å². The van der Waals surface area contributed by atoms with Crippen LogP contribution in [0.4, 0.5) is 13.2 Å². The molecule has 1 N–H and O–H groups in total. The lowest BCUT2D eigenvalue weighted by Gasteiger charge is -2.26. The third-order valence-electron chi connectivity index (χ3n) is 4.47. The van der Waals surface area contributed by atoms with E-state index in [1.54, 1.807) is 55.1 Å². The second kappa shape index (κ2) is 9.90. The van der Waals surface area contributed by atoms with Crippen molar-refractivity contribution in [2.75, 3.05) is 11.5 Å². The topological polar surface area (TPSA) is 29.1 Å². The molecule has 0 radical (unpaired) electrons. The molecule has 30 heavy (non-hydrogen) atoms. The van der Waals surface area contributed by atoms with Crippen molar-refractivity contribution in [3.8, 4) is 0 Å². The van der Waals surface area contributed by atoms with E-state index in [-0.39, 0.29) is 30.1 Å². The summed E-state index contributed by atoms with van der Waals surface area (Å²) in [7, 11) is 0. The molecule has 2 aromatic carbocycles. The van der Waals surface area contributed by atoms with Gasteiger partial charge in [-0.15, -0.1) is 0 Å². The SMILES string of the molecule is Cc1cc(/C(=C/SC(F)(F)F)Cc2cc(Cl)cc(Cl)c2)ccc1C(=O)NC1CSC1. The monoisotopic (exact) mass is 491 g/mol. The van der Waals surface area contributed by atoms with Gasteiger partial charge in [-0.1, -0.05) is 35.3 Å². The highest BCUT2D eigenvalue weighted by Crippen LogP contribution is 2.35. The molecule has 0 aromatic heterocycles. The Bertz CT molecular complexity index is 955. The van der Waals surface area contributed by atoms with Gasteiger partial charge in [0.1, 0.15) is 0 Å². The van der Waals surface area contributed by atoms with Gasteiger partial charge in [0.15, 0.2) is 0 Å². The first kappa shape index (κ1) is 23.4. The maximum Gasteiger partial charge on any atom is 0.445 e. The lowest BCUT2D eigenvalue weighted by atomic mass is 9.96. The van der Waals surface area contributed by atoms with Crippen LogP contribution < -0.4 is 5.32 Å². The minimum absolute atomic E-state index is 0.166. The van der Waals surface area contributed by atoms with Crippen molar-refractivity contribution >= 4 is 58.2 Å². The Morgan fingerprint density at radius 3 is 2.40 bits per heavy atom. The molecule has 1 fully saturated rings. The van der Waals surface area contributed by atoms with E-state index in [0.717, 1.165) is 16.9 Å². The van der Waals surface area contributed by atoms with Crippen molar-refractivity contribution < 1.29 is 18.0 Å². The molecule has 2 aromatic rings. The number of thioether (sulfide) groups is 2. The molecule has 0 spiro atoms. The third kappa shape index (κ3) is 6.61. The fraction of sp³-hybridized carbons (Fsp3) is 0.286. The number of aryl methyl sites for hydroxylation is 1. The number of benzene rings is 2. The number of carbonyl (C=O) groups excluding carboxylic acids is 1. The lowest BCUT2D eigenvalue weighted by Crippen LogP contribution is -2.44. The Labute approximate surface area is 191 Å². The van der Waals surface area contributed by atoms with Crippen molar-refractivity contribution in [3.63, 3.8) is 0 Å². The number of nitrogens with one attached hydrogen (secondary N) is 1. The van der Waals surface area contributed by atoms with Crippen LogP contribution in [-0.4, -0.2) is 29.0 Å². The van der Waals surface area contributed by atoms with Gasteiger partial charge < -0.3 is 5.32 Å². The van der Waals surface area contributed by atoms with Crippen LogP contribution in [0.1, 0.15) is 27.0 Å². The molecular weight excluding hydrogens is 474 g/mol. The predicted molar refractivity (Wildman–Crippen MR) is 122 cm³/mol. The van der Waals surface area contributed by atoms with Gasteiger partial charge in [0.25, 0.3) is 5.91 Å². The van der Waals surface area contributed by atoms with E-state index in [1.165, 1.54) is 0 Å². The van der Waals surface area contributed by atoms with Crippen LogP contribution in [0, 0.1) is 6.92 Å². The summed E-state index contributed by atoms with van der Waals surface area (Å²) in [6.07, 6.45) is 0.216. The zero-order chi connectivity index (χ0) is 21.9. The normalized spacial score (nSPS) is 15.1. The van der Waals surface area contributed by atoms with Gasteiger partial charge in [-0.25, -0.2) is 0 Å². The summed E-state index contributed by atoms with van der Waals surface area (Å²) in [5.74, 6) is 1.63. The van der Waals surface area contributed by atoms with E-state index < -0.39 is 5.51 Å². The van der Waals surface area contributed by atoms with Gasteiger partial charge in [0.2, 0.25) is 0 Å². The van der Waals surface area contributed by atoms with E-state index in [0.29, 0.717) is 37.9 Å². The van der Waals surface area contributed by atoms with Gasteiger partial charge in [0.05, 0.1) is 0 Å². The average Bonchev–Trinajstić information content (AvgIpc) is 2.60. The van der Waals surface area contributed by atoms with Crippen molar-refractivity contribution in [3.05, 3.63) is 74.1 Å². The van der Waals surface area contributed by atoms with Crippen molar-refractivity contribution in [1.82, 2.24) is 5.32 Å². The number of hydrogen-bond donors (Lipinski definition) is 1. The van der Waals surface area contributed by atoms with Crippen molar-refractivity contribution in [1.29, 1.82) is 0 Å². The zero-order valence-corrected chi connectivity index (χ0v) is 19.0. The molecule has 0 unspecified atom stereocenters. The second-order valence-electron chi connectivity index (χ2n) is 6.90. The minimum atomic E-state index is -4.40. The molecule has 1 saturated heterocycles. The van der Waals surface area contributed by atoms with Gasteiger partial charge in [-0.3, -0.25) is 4.79 Å². The fourth-order valence-corrected chi connectivity index (χ4v) is 4.69. The van der Waals surface area contributed by atoms with Gasteiger partial charge in [-0.05, 0) is 77.0 Å². The number of alkyl halides is 3. The molecule has 1 amide bonds. The smallest absolute Gasteiger partial charge is 0.348 e. The lowest BCUT2D eigenvalue weighted by molar-refractivity contribution is -0.0320. The molecule has 2 nitrogen and oxygen atoms in total. The summed E-state index contributed by atoms with van der Waals surface area (Å²) in [6.45, 7) is 1.78. The zero-order valence-electron chi connectivity index (χ0n) is 15.9. The van der Waals surface area contributed by atoms with Crippen LogP contribution in [0.3, 0.4) is 0 Å². The molecular formula is C21H18Cl2F3NOS2. The Hall–Kier alpha value is -1.28. The first-order chi connectivity index (χ1) is 14.1. The second-order valence-corrected chi connectivity index (χ2v) is 9.78. The predicted octanol–water partition coefficient (Wildman–Crippen LogP) is 6.98. The van der Waals surface area contributed by atoms with E-state index in [2.05, 4.69) is 5.32 Å². The molecule has 3 rings (SSSR count). The quantitative estimate of drug-likeness (QED) is 0.472. The molecule has 0 aliphatic carbocycles. The maximum atomic E-state index is 12.8. The van der Waals surface area contributed by atoms with Gasteiger partial charge in [0, 0.05) is 33.2 Å². The van der Waals surface area contributed by atoms with Crippen molar-refractivity contribution in [2.24, 2.45) is 0 Å². The Balaban J connectivity index is 1.88. The molecule has 9 heteroatoms. The molecule has 160 valence electrons. The first-order valence-corrected chi connectivity index (χ1v) is 11.8. The molecule has 1 aliphatic heterocycles. The molecule has 0 saturated carbocycles. The standard InChI is InChI=1S/C21H18Cl2F3NOS2/c1-12-4-14(2-3-19(12)20(28)27-18-10-29-11-18)15(9-30-21(24,25)26)5-13-6-16(22)8-17(23)7-13/h2-4,6-9,18H,5,10-11H2,1H3,(H,27,28)/b15-9+. The number of rotatable bonds is 6. The number of allylic oxidation sites excluding steroid dienone is 1.